The number of aromatic nitrogens is 1. The van der Waals surface area contributed by atoms with Crippen LogP contribution in [0.15, 0.2) is 60.7 Å². The Morgan fingerprint density at radius 1 is 1.17 bits per heavy atom. The van der Waals surface area contributed by atoms with Crippen molar-refractivity contribution >= 4 is 17.6 Å². The van der Waals surface area contributed by atoms with Crippen LogP contribution >= 0.6 is 0 Å². The van der Waals surface area contributed by atoms with Gasteiger partial charge < -0.3 is 16.0 Å². The first-order valence-corrected chi connectivity index (χ1v) is 11.6. The van der Waals surface area contributed by atoms with Crippen LogP contribution < -0.4 is 16.0 Å². The van der Waals surface area contributed by atoms with Gasteiger partial charge >= 0.3 is 0 Å². The minimum atomic E-state index is -0.314. The number of nitriles is 1. The van der Waals surface area contributed by atoms with Crippen LogP contribution in [0.25, 0.3) is 11.3 Å². The zero-order chi connectivity index (χ0) is 24.6. The first-order chi connectivity index (χ1) is 17.0. The second-order valence-corrected chi connectivity index (χ2v) is 8.42. The third-order valence-corrected chi connectivity index (χ3v) is 5.89. The van der Waals surface area contributed by atoms with E-state index in [1.165, 1.54) is 12.1 Å². The molecule has 1 aliphatic rings. The number of pyridine rings is 1. The molecule has 3 aromatic rings. The van der Waals surface area contributed by atoms with Gasteiger partial charge in [0.25, 0.3) is 5.91 Å². The van der Waals surface area contributed by atoms with Gasteiger partial charge in [-0.3, -0.25) is 9.59 Å². The van der Waals surface area contributed by atoms with E-state index in [2.05, 4.69) is 27.0 Å². The molecule has 1 atom stereocenters. The van der Waals surface area contributed by atoms with Crippen LogP contribution in [0.5, 0.6) is 0 Å². The van der Waals surface area contributed by atoms with Gasteiger partial charge in [0.1, 0.15) is 11.6 Å². The fourth-order valence-electron chi connectivity index (χ4n) is 4.09. The number of carbonyl (C=O) groups excluding carboxylic acids is 2. The number of nitrogens with zero attached hydrogens (tertiary/aromatic N) is 2. The highest BCUT2D eigenvalue weighted by atomic mass is 19.1. The van der Waals surface area contributed by atoms with Crippen LogP contribution in [0.4, 0.5) is 10.2 Å². The molecule has 2 heterocycles. The van der Waals surface area contributed by atoms with E-state index in [0.29, 0.717) is 54.1 Å². The number of amides is 2. The summed E-state index contributed by atoms with van der Waals surface area (Å²) in [6.45, 7) is 0.755. The maximum Gasteiger partial charge on any atom is 0.255 e. The average Bonchev–Trinajstić information content (AvgIpc) is 2.87. The largest absolute Gasteiger partial charge is 0.369 e. The Labute approximate surface area is 203 Å². The van der Waals surface area contributed by atoms with Crippen molar-refractivity contribution in [3.05, 3.63) is 83.2 Å². The number of anilines is 1. The Hall–Kier alpha value is -4.25. The normalized spacial score (nSPS) is 15.1. The molecule has 0 radical (unpaired) electrons. The van der Waals surface area contributed by atoms with Crippen molar-refractivity contribution in [2.24, 2.45) is 0 Å². The van der Waals surface area contributed by atoms with Crippen molar-refractivity contribution in [2.75, 3.05) is 18.4 Å². The van der Waals surface area contributed by atoms with E-state index in [9.17, 15) is 19.2 Å². The standard InChI is InChI=1S/C27H26FN5O2/c28-20-7-3-5-18(15-20)13-14-30-26-23(27(35)31-17-21-8-4-10-25(34)32-21)11-12-24(33-26)22-9-2-1-6-19(22)16-29/h1-3,5-7,9,11-12,15,21H,4,8,10,13-14,17H2,(H,30,33)(H,31,35)(H,32,34)/t21-/m1/s1. The van der Waals surface area contributed by atoms with Gasteiger partial charge in [0.05, 0.1) is 22.9 Å². The fraction of sp³-hybridized carbons (Fsp3) is 0.259. The SMILES string of the molecule is N#Cc1ccccc1-c1ccc(C(=O)NC[C@H]2CCCC(=O)N2)c(NCCc2cccc(F)c2)n1. The molecule has 7 nitrogen and oxygen atoms in total. The molecule has 0 aliphatic carbocycles. The predicted octanol–water partition coefficient (Wildman–Crippen LogP) is 3.81. The third kappa shape index (κ3) is 6.21. The highest BCUT2D eigenvalue weighted by Gasteiger charge is 2.20. The summed E-state index contributed by atoms with van der Waals surface area (Å²) in [6, 6.07) is 19.0. The number of piperidine rings is 1. The molecule has 178 valence electrons. The molecule has 4 rings (SSSR count). The lowest BCUT2D eigenvalue weighted by Crippen LogP contribution is -2.46. The Morgan fingerprint density at radius 3 is 2.83 bits per heavy atom. The monoisotopic (exact) mass is 471 g/mol. The summed E-state index contributed by atoms with van der Waals surface area (Å²) in [5.74, 6) is -0.245. The zero-order valence-electron chi connectivity index (χ0n) is 19.2. The lowest BCUT2D eigenvalue weighted by atomic mass is 10.0. The second kappa shape index (κ2) is 11.3. The van der Waals surface area contributed by atoms with Gasteiger partial charge in [-0.05, 0) is 55.2 Å². The number of hydrogen-bond donors (Lipinski definition) is 3. The number of carbonyl (C=O) groups is 2. The molecule has 1 saturated heterocycles. The minimum Gasteiger partial charge on any atom is -0.369 e. The van der Waals surface area contributed by atoms with E-state index >= 15 is 0 Å². The van der Waals surface area contributed by atoms with Crippen LogP contribution in [0.2, 0.25) is 0 Å². The quantitative estimate of drug-likeness (QED) is 0.463. The van der Waals surface area contributed by atoms with Crippen LogP contribution in [0.3, 0.4) is 0 Å². The summed E-state index contributed by atoms with van der Waals surface area (Å²) in [6.07, 6.45) is 2.66. The average molecular weight is 472 g/mol. The molecule has 3 N–H and O–H groups in total. The van der Waals surface area contributed by atoms with Gasteiger partial charge in [-0.1, -0.05) is 30.3 Å². The molecule has 0 spiro atoms. The molecule has 2 aromatic carbocycles. The third-order valence-electron chi connectivity index (χ3n) is 5.89. The molecule has 0 unspecified atom stereocenters. The van der Waals surface area contributed by atoms with Gasteiger partial charge in [0.2, 0.25) is 5.91 Å². The minimum absolute atomic E-state index is 0.00242. The van der Waals surface area contributed by atoms with E-state index in [1.807, 2.05) is 18.2 Å². The zero-order valence-corrected chi connectivity index (χ0v) is 19.2. The number of halogens is 1. The molecule has 0 bridgehead atoms. The van der Waals surface area contributed by atoms with E-state index in [1.54, 1.807) is 30.3 Å². The van der Waals surface area contributed by atoms with Gasteiger partial charge in [-0.15, -0.1) is 0 Å². The Balaban J connectivity index is 1.54. The van der Waals surface area contributed by atoms with Crippen LogP contribution in [0, 0.1) is 17.1 Å². The van der Waals surface area contributed by atoms with E-state index in [4.69, 9.17) is 0 Å². The van der Waals surface area contributed by atoms with Gasteiger partial charge in [0.15, 0.2) is 0 Å². The molecule has 35 heavy (non-hydrogen) atoms. The van der Waals surface area contributed by atoms with Crippen molar-refractivity contribution in [2.45, 2.75) is 31.7 Å². The molecule has 0 saturated carbocycles. The first kappa shape index (κ1) is 23.9. The number of hydrogen-bond acceptors (Lipinski definition) is 5. The van der Waals surface area contributed by atoms with Crippen molar-refractivity contribution in [3.63, 3.8) is 0 Å². The van der Waals surface area contributed by atoms with Gasteiger partial charge in [-0.25, -0.2) is 9.37 Å². The maximum absolute atomic E-state index is 13.5. The smallest absolute Gasteiger partial charge is 0.255 e. The van der Waals surface area contributed by atoms with Crippen molar-refractivity contribution in [1.82, 2.24) is 15.6 Å². The summed E-state index contributed by atoms with van der Waals surface area (Å²) >= 11 is 0. The molecule has 2 amide bonds. The van der Waals surface area contributed by atoms with Crippen LogP contribution in [-0.4, -0.2) is 35.9 Å². The Bertz CT molecular complexity index is 1270. The predicted molar refractivity (Wildman–Crippen MR) is 131 cm³/mol. The van der Waals surface area contributed by atoms with Gasteiger partial charge in [-0.2, -0.15) is 5.26 Å². The van der Waals surface area contributed by atoms with Crippen LogP contribution in [-0.2, 0) is 11.2 Å². The van der Waals surface area contributed by atoms with E-state index in [-0.39, 0.29) is 23.7 Å². The summed E-state index contributed by atoms with van der Waals surface area (Å²) in [7, 11) is 0. The summed E-state index contributed by atoms with van der Waals surface area (Å²) < 4.78 is 13.5. The summed E-state index contributed by atoms with van der Waals surface area (Å²) in [5.41, 5.74) is 2.88. The Morgan fingerprint density at radius 2 is 2.03 bits per heavy atom. The van der Waals surface area contributed by atoms with Crippen molar-refractivity contribution in [3.8, 4) is 17.3 Å². The number of nitrogens with one attached hydrogen (secondary N) is 3. The molecular weight excluding hydrogens is 445 g/mol. The first-order valence-electron chi connectivity index (χ1n) is 11.6. The summed E-state index contributed by atoms with van der Waals surface area (Å²) in [5, 5.41) is 18.5. The van der Waals surface area contributed by atoms with E-state index in [0.717, 1.165) is 18.4 Å². The lowest BCUT2D eigenvalue weighted by molar-refractivity contribution is -0.123. The highest BCUT2D eigenvalue weighted by Crippen LogP contribution is 2.25. The number of benzene rings is 2. The molecule has 1 aliphatic heterocycles. The summed E-state index contributed by atoms with van der Waals surface area (Å²) in [4.78, 5) is 29.3. The fourth-order valence-corrected chi connectivity index (χ4v) is 4.09. The van der Waals surface area contributed by atoms with Gasteiger partial charge in [0, 0.05) is 31.1 Å². The lowest BCUT2D eigenvalue weighted by Gasteiger charge is -2.23. The molecular formula is C27H26FN5O2. The second-order valence-electron chi connectivity index (χ2n) is 8.42. The van der Waals surface area contributed by atoms with Crippen molar-refractivity contribution < 1.29 is 14.0 Å². The van der Waals surface area contributed by atoms with Crippen LogP contribution in [0.1, 0.15) is 40.7 Å². The molecule has 1 fully saturated rings. The molecule has 8 heteroatoms. The number of rotatable bonds is 8. The van der Waals surface area contributed by atoms with Crippen molar-refractivity contribution in [1.29, 1.82) is 5.26 Å². The topological polar surface area (TPSA) is 107 Å². The highest BCUT2D eigenvalue weighted by molar-refractivity contribution is 5.99. The maximum atomic E-state index is 13.5. The Kier molecular flexibility index (Phi) is 7.68. The van der Waals surface area contributed by atoms with E-state index < -0.39 is 0 Å². The molecule has 1 aromatic heterocycles.